The van der Waals surface area contributed by atoms with E-state index in [0.717, 1.165) is 55.6 Å². The predicted molar refractivity (Wildman–Crippen MR) is 187 cm³/mol. The normalized spacial score (nSPS) is 12.5. The van der Waals surface area contributed by atoms with Crippen molar-refractivity contribution in [3.63, 3.8) is 0 Å². The molecule has 0 fully saturated rings. The van der Waals surface area contributed by atoms with Crippen LogP contribution in [0.3, 0.4) is 0 Å². The molecule has 0 saturated carbocycles. The molecule has 4 heterocycles. The number of nitrogens with one attached hydrogen (secondary N) is 1. The minimum absolute atomic E-state index is 0.463. The van der Waals surface area contributed by atoms with E-state index in [1.54, 1.807) is 0 Å². The first-order valence-corrected chi connectivity index (χ1v) is 15.4. The van der Waals surface area contributed by atoms with Crippen LogP contribution in [-0.4, -0.2) is 32.3 Å². The summed E-state index contributed by atoms with van der Waals surface area (Å²) in [4.78, 5) is 24.0. The van der Waals surface area contributed by atoms with Crippen molar-refractivity contribution in [2.45, 2.75) is 0 Å². The Morgan fingerprint density at radius 3 is 1.77 bits per heavy atom. The van der Waals surface area contributed by atoms with E-state index in [9.17, 15) is 0 Å². The minimum atomic E-state index is 0.463. The van der Waals surface area contributed by atoms with Crippen LogP contribution in [0.1, 0.15) is 11.3 Å². The smallest absolute Gasteiger partial charge is 0.228 e. The molecule has 222 valence electrons. The quantitative estimate of drug-likeness (QED) is 0.210. The number of aromatic nitrogens is 4. The van der Waals surface area contributed by atoms with E-state index in [-0.39, 0.29) is 0 Å². The standard InChI is InChI=1S/C40H26N6O/c1-3-10-27(11-4-1)37-44-38(28-12-5-2-6-13-28)46-39(45-37)29-18-15-26(16-19-29)32-22-33-35-36(47-40(33)41-23-32)34(42-24-43-35)31-20-17-25-9-7-8-14-30(25)21-31/h1-23,43H,24H2. The molecule has 3 aromatic heterocycles. The van der Waals surface area contributed by atoms with Gasteiger partial charge in [0.1, 0.15) is 12.4 Å². The maximum atomic E-state index is 6.31. The lowest BCUT2D eigenvalue weighted by molar-refractivity contribution is 0.592. The Morgan fingerprint density at radius 2 is 1.09 bits per heavy atom. The van der Waals surface area contributed by atoms with Crippen LogP contribution < -0.4 is 5.32 Å². The van der Waals surface area contributed by atoms with Gasteiger partial charge in [0.05, 0.1) is 11.1 Å². The number of furan rings is 1. The molecule has 0 radical (unpaired) electrons. The van der Waals surface area contributed by atoms with E-state index in [0.29, 0.717) is 35.6 Å². The van der Waals surface area contributed by atoms with Crippen LogP contribution in [0.2, 0.25) is 0 Å². The molecule has 0 amide bonds. The molecule has 0 aliphatic carbocycles. The number of anilines is 1. The minimum Gasteiger partial charge on any atom is -0.434 e. The fraction of sp³-hybridized carbons (Fsp3) is 0.0250. The summed E-state index contributed by atoms with van der Waals surface area (Å²) in [6, 6.07) is 45.1. The molecule has 8 aromatic rings. The van der Waals surface area contributed by atoms with Crippen molar-refractivity contribution in [2.24, 2.45) is 4.99 Å². The van der Waals surface area contributed by atoms with Gasteiger partial charge in [-0.3, -0.25) is 4.99 Å². The van der Waals surface area contributed by atoms with Crippen LogP contribution in [0.5, 0.6) is 0 Å². The number of aliphatic imine (C=N–C) groups is 1. The van der Waals surface area contributed by atoms with Gasteiger partial charge in [-0.25, -0.2) is 19.9 Å². The van der Waals surface area contributed by atoms with Crippen LogP contribution >= 0.6 is 0 Å². The Hall–Kier alpha value is -6.47. The van der Waals surface area contributed by atoms with Gasteiger partial charge in [0.25, 0.3) is 0 Å². The third kappa shape index (κ3) is 4.91. The van der Waals surface area contributed by atoms with Gasteiger partial charge < -0.3 is 9.73 Å². The first-order chi connectivity index (χ1) is 23.3. The van der Waals surface area contributed by atoms with Crippen molar-refractivity contribution < 1.29 is 4.42 Å². The molecule has 1 N–H and O–H groups in total. The molecule has 9 rings (SSSR count). The summed E-state index contributed by atoms with van der Waals surface area (Å²) in [6.45, 7) is 0.463. The van der Waals surface area contributed by atoms with Crippen molar-refractivity contribution in [3.8, 4) is 45.3 Å². The van der Waals surface area contributed by atoms with Gasteiger partial charge in [0.15, 0.2) is 23.2 Å². The second kappa shape index (κ2) is 11.2. The Balaban J connectivity index is 1.07. The largest absolute Gasteiger partial charge is 0.434 e. The fourth-order valence-corrected chi connectivity index (χ4v) is 6.06. The average molecular weight is 607 g/mol. The first kappa shape index (κ1) is 26.9. The SMILES string of the molecule is c1ccc(-c2nc(-c3ccccc3)nc(-c3ccc(-c4cnc5oc6c(c5c4)NCN=C6c4ccc5ccccc5c4)cc3)n2)cc1. The zero-order valence-electron chi connectivity index (χ0n) is 25.1. The summed E-state index contributed by atoms with van der Waals surface area (Å²) in [5.41, 5.74) is 8.12. The molecule has 7 nitrogen and oxygen atoms in total. The predicted octanol–water partition coefficient (Wildman–Crippen LogP) is 9.05. The molecule has 5 aromatic carbocycles. The zero-order valence-corrected chi connectivity index (χ0v) is 25.1. The van der Waals surface area contributed by atoms with Gasteiger partial charge in [0, 0.05) is 34.0 Å². The van der Waals surface area contributed by atoms with Crippen molar-refractivity contribution >= 4 is 33.3 Å². The summed E-state index contributed by atoms with van der Waals surface area (Å²) < 4.78 is 6.31. The topological polar surface area (TPSA) is 89.1 Å². The Kier molecular flexibility index (Phi) is 6.38. The van der Waals surface area contributed by atoms with Gasteiger partial charge in [-0.1, -0.05) is 121 Å². The first-order valence-electron chi connectivity index (χ1n) is 15.4. The molecule has 0 unspecified atom stereocenters. The molecule has 1 aliphatic heterocycles. The summed E-state index contributed by atoms with van der Waals surface area (Å²) in [7, 11) is 0. The second-order valence-corrected chi connectivity index (χ2v) is 11.4. The van der Waals surface area contributed by atoms with Gasteiger partial charge >= 0.3 is 0 Å². The third-order valence-corrected chi connectivity index (χ3v) is 8.45. The van der Waals surface area contributed by atoms with Gasteiger partial charge in [0.2, 0.25) is 5.71 Å². The zero-order chi connectivity index (χ0) is 31.2. The lowest BCUT2D eigenvalue weighted by Gasteiger charge is -2.14. The van der Waals surface area contributed by atoms with E-state index in [1.807, 2.05) is 79.0 Å². The number of fused-ring (bicyclic) bond motifs is 4. The highest BCUT2D eigenvalue weighted by molar-refractivity contribution is 6.19. The third-order valence-electron chi connectivity index (χ3n) is 8.45. The summed E-state index contributed by atoms with van der Waals surface area (Å²) in [5, 5.41) is 6.70. The van der Waals surface area contributed by atoms with E-state index in [4.69, 9.17) is 29.3 Å². The summed E-state index contributed by atoms with van der Waals surface area (Å²) in [6.07, 6.45) is 1.85. The van der Waals surface area contributed by atoms with Crippen molar-refractivity contribution in [3.05, 3.63) is 151 Å². The molecule has 47 heavy (non-hydrogen) atoms. The number of pyridine rings is 1. The van der Waals surface area contributed by atoms with E-state index in [1.165, 1.54) is 5.39 Å². The van der Waals surface area contributed by atoms with E-state index in [2.05, 4.69) is 66.0 Å². The van der Waals surface area contributed by atoms with Gasteiger partial charge in [-0.15, -0.1) is 0 Å². The molecule has 0 saturated heterocycles. The molecule has 0 spiro atoms. The van der Waals surface area contributed by atoms with Crippen molar-refractivity contribution in [1.82, 2.24) is 19.9 Å². The number of rotatable bonds is 5. The highest BCUT2D eigenvalue weighted by Gasteiger charge is 2.24. The van der Waals surface area contributed by atoms with Crippen LogP contribution in [0.4, 0.5) is 5.69 Å². The molecular formula is C40H26N6O. The molecule has 1 aliphatic rings. The van der Waals surface area contributed by atoms with Crippen LogP contribution in [-0.2, 0) is 0 Å². The fourth-order valence-electron chi connectivity index (χ4n) is 6.06. The van der Waals surface area contributed by atoms with Crippen molar-refractivity contribution in [1.29, 1.82) is 0 Å². The number of hydrogen-bond acceptors (Lipinski definition) is 7. The maximum Gasteiger partial charge on any atom is 0.228 e. The highest BCUT2D eigenvalue weighted by Crippen LogP contribution is 2.37. The molecule has 0 bridgehead atoms. The van der Waals surface area contributed by atoms with E-state index < -0.39 is 0 Å². The lowest BCUT2D eigenvalue weighted by Crippen LogP contribution is -2.15. The van der Waals surface area contributed by atoms with Crippen molar-refractivity contribution in [2.75, 3.05) is 12.0 Å². The molecule has 0 atom stereocenters. The monoisotopic (exact) mass is 606 g/mol. The van der Waals surface area contributed by atoms with Crippen LogP contribution in [0.25, 0.3) is 67.2 Å². The average Bonchev–Trinajstić information content (AvgIpc) is 3.53. The second-order valence-electron chi connectivity index (χ2n) is 11.4. The van der Waals surface area contributed by atoms with Gasteiger partial charge in [-0.05, 0) is 28.5 Å². The van der Waals surface area contributed by atoms with Crippen LogP contribution in [0.15, 0.2) is 149 Å². The lowest BCUT2D eigenvalue weighted by atomic mass is 10.0. The highest BCUT2D eigenvalue weighted by atomic mass is 16.3. The number of nitrogens with zero attached hydrogens (tertiary/aromatic N) is 5. The molecule has 7 heteroatoms. The maximum absolute atomic E-state index is 6.31. The summed E-state index contributed by atoms with van der Waals surface area (Å²) >= 11 is 0. The molecular weight excluding hydrogens is 580 g/mol. The van der Waals surface area contributed by atoms with E-state index >= 15 is 0 Å². The number of benzene rings is 5. The number of hydrogen-bond donors (Lipinski definition) is 1. The summed E-state index contributed by atoms with van der Waals surface area (Å²) in [5.74, 6) is 2.60. The van der Waals surface area contributed by atoms with Gasteiger partial charge in [-0.2, -0.15) is 0 Å². The van der Waals surface area contributed by atoms with Crippen LogP contribution in [0, 0.1) is 0 Å². The Bertz CT molecular complexity index is 2390. The Labute approximate surface area is 270 Å². The Morgan fingerprint density at radius 1 is 0.511 bits per heavy atom.